The van der Waals surface area contributed by atoms with Crippen LogP contribution in [0.25, 0.3) is 11.0 Å². The molecule has 8 heteroatoms. The normalized spacial score (nSPS) is 10.7. The number of methoxy groups -OCH3 is 1. The third-order valence-electron chi connectivity index (χ3n) is 5.14. The molecule has 0 radical (unpaired) electrons. The summed E-state index contributed by atoms with van der Waals surface area (Å²) in [5, 5.41) is 6.27. The summed E-state index contributed by atoms with van der Waals surface area (Å²) in [6, 6.07) is 21.7. The lowest BCUT2D eigenvalue weighted by atomic mass is 10.2. The minimum absolute atomic E-state index is 0.0537. The molecule has 0 aliphatic heterocycles. The van der Waals surface area contributed by atoms with Crippen LogP contribution >= 0.6 is 11.6 Å². The molecule has 3 aromatic carbocycles. The number of fused-ring (bicyclic) bond motifs is 1. The fourth-order valence-electron chi connectivity index (χ4n) is 3.58. The van der Waals surface area contributed by atoms with E-state index in [1.54, 1.807) is 30.3 Å². The zero-order valence-corrected chi connectivity index (χ0v) is 18.8. The van der Waals surface area contributed by atoms with Crippen molar-refractivity contribution < 1.29 is 14.3 Å². The number of hydrogen-bond donors (Lipinski definition) is 2. The van der Waals surface area contributed by atoms with Crippen LogP contribution in [0.15, 0.2) is 72.8 Å². The zero-order chi connectivity index (χ0) is 23.2. The van der Waals surface area contributed by atoms with Gasteiger partial charge in [-0.25, -0.2) is 4.98 Å². The second kappa shape index (κ2) is 10.2. The van der Waals surface area contributed by atoms with Crippen molar-refractivity contribution in [2.75, 3.05) is 19.0 Å². The maximum atomic E-state index is 12.9. The van der Waals surface area contributed by atoms with Crippen molar-refractivity contribution in [3.63, 3.8) is 0 Å². The highest BCUT2D eigenvalue weighted by Gasteiger charge is 2.15. The average Bonchev–Trinajstić information content (AvgIpc) is 3.17. The standard InChI is InChI=1S/C25H23ClN4O3/c1-33-22-12-11-18(26)15-20(22)29-24(31)16-30-21-10-6-5-9-19(21)28-23(30)13-14-27-25(32)17-7-3-2-4-8-17/h2-12,15H,13-14,16H2,1H3,(H,27,32)(H,29,31). The summed E-state index contributed by atoms with van der Waals surface area (Å²) in [5.41, 5.74) is 2.72. The van der Waals surface area contributed by atoms with E-state index in [-0.39, 0.29) is 18.4 Å². The SMILES string of the molecule is COc1ccc(Cl)cc1NC(=O)Cn1c(CCNC(=O)c2ccccc2)nc2ccccc21. The van der Waals surface area contributed by atoms with Gasteiger partial charge in [0, 0.05) is 23.6 Å². The Bertz CT molecular complexity index is 1290. The molecule has 0 aliphatic carbocycles. The molecule has 0 atom stereocenters. The zero-order valence-electron chi connectivity index (χ0n) is 18.0. The van der Waals surface area contributed by atoms with Crippen molar-refractivity contribution in [2.24, 2.45) is 0 Å². The van der Waals surface area contributed by atoms with Gasteiger partial charge in [-0.1, -0.05) is 41.9 Å². The number of anilines is 1. The third-order valence-corrected chi connectivity index (χ3v) is 5.38. The van der Waals surface area contributed by atoms with E-state index >= 15 is 0 Å². The summed E-state index contributed by atoms with van der Waals surface area (Å²) in [7, 11) is 1.53. The summed E-state index contributed by atoms with van der Waals surface area (Å²) in [6.45, 7) is 0.443. The third kappa shape index (κ3) is 5.32. The molecule has 33 heavy (non-hydrogen) atoms. The number of para-hydroxylation sites is 2. The first-order valence-corrected chi connectivity index (χ1v) is 10.8. The number of halogens is 1. The summed E-state index contributed by atoms with van der Waals surface area (Å²) in [5.74, 6) is 0.835. The lowest BCUT2D eigenvalue weighted by molar-refractivity contribution is -0.116. The van der Waals surface area contributed by atoms with Crippen LogP contribution in [0.3, 0.4) is 0 Å². The summed E-state index contributed by atoms with van der Waals surface area (Å²) in [4.78, 5) is 29.9. The number of amides is 2. The van der Waals surface area contributed by atoms with Gasteiger partial charge in [-0.05, 0) is 42.5 Å². The first-order valence-electron chi connectivity index (χ1n) is 10.5. The van der Waals surface area contributed by atoms with Crippen LogP contribution < -0.4 is 15.4 Å². The lowest BCUT2D eigenvalue weighted by Crippen LogP contribution is -2.27. The monoisotopic (exact) mass is 462 g/mol. The first-order chi connectivity index (χ1) is 16.0. The highest BCUT2D eigenvalue weighted by molar-refractivity contribution is 6.31. The Labute approximate surface area is 196 Å². The van der Waals surface area contributed by atoms with Gasteiger partial charge in [0.15, 0.2) is 0 Å². The van der Waals surface area contributed by atoms with Crippen molar-refractivity contribution >= 4 is 40.1 Å². The molecule has 0 bridgehead atoms. The molecule has 7 nitrogen and oxygen atoms in total. The number of rotatable bonds is 8. The number of carbonyl (C=O) groups excluding carboxylic acids is 2. The Morgan fingerprint density at radius 3 is 2.58 bits per heavy atom. The number of nitrogens with one attached hydrogen (secondary N) is 2. The molecule has 4 rings (SSSR count). The summed E-state index contributed by atoms with van der Waals surface area (Å²) >= 11 is 6.07. The summed E-state index contributed by atoms with van der Waals surface area (Å²) < 4.78 is 7.17. The smallest absolute Gasteiger partial charge is 0.251 e. The maximum absolute atomic E-state index is 12.9. The Morgan fingerprint density at radius 2 is 1.79 bits per heavy atom. The van der Waals surface area contributed by atoms with E-state index < -0.39 is 0 Å². The molecule has 1 aromatic heterocycles. The van der Waals surface area contributed by atoms with Crippen LogP contribution in [-0.4, -0.2) is 35.0 Å². The number of carbonyl (C=O) groups is 2. The highest BCUT2D eigenvalue weighted by Crippen LogP contribution is 2.28. The molecular formula is C25H23ClN4O3. The van der Waals surface area contributed by atoms with E-state index in [0.29, 0.717) is 40.8 Å². The van der Waals surface area contributed by atoms with Crippen molar-refractivity contribution in [2.45, 2.75) is 13.0 Å². The fourth-order valence-corrected chi connectivity index (χ4v) is 3.76. The molecule has 0 fully saturated rings. The Hall–Kier alpha value is -3.84. The number of nitrogens with zero attached hydrogens (tertiary/aromatic N) is 2. The van der Waals surface area contributed by atoms with E-state index in [9.17, 15) is 9.59 Å². The predicted octanol–water partition coefficient (Wildman–Crippen LogP) is 4.31. The van der Waals surface area contributed by atoms with E-state index in [1.807, 2.05) is 47.0 Å². The molecule has 2 amide bonds. The topological polar surface area (TPSA) is 85.2 Å². The van der Waals surface area contributed by atoms with Gasteiger partial charge in [-0.3, -0.25) is 9.59 Å². The van der Waals surface area contributed by atoms with E-state index in [2.05, 4.69) is 15.6 Å². The average molecular weight is 463 g/mol. The van der Waals surface area contributed by atoms with Gasteiger partial charge in [0.1, 0.15) is 18.1 Å². The number of aromatic nitrogens is 2. The van der Waals surface area contributed by atoms with Gasteiger partial charge in [0.2, 0.25) is 5.91 Å². The Balaban J connectivity index is 1.50. The van der Waals surface area contributed by atoms with Gasteiger partial charge in [0.05, 0.1) is 23.8 Å². The molecule has 0 aliphatic rings. The highest BCUT2D eigenvalue weighted by atomic mass is 35.5. The molecular weight excluding hydrogens is 440 g/mol. The number of ether oxygens (including phenoxy) is 1. The van der Waals surface area contributed by atoms with Crippen LogP contribution in [0.2, 0.25) is 5.02 Å². The van der Waals surface area contributed by atoms with Crippen LogP contribution in [0.5, 0.6) is 5.75 Å². The first kappa shape index (κ1) is 22.4. The second-order valence-corrected chi connectivity index (χ2v) is 7.80. The number of benzene rings is 3. The lowest BCUT2D eigenvalue weighted by Gasteiger charge is -2.13. The van der Waals surface area contributed by atoms with Crippen LogP contribution in [0.4, 0.5) is 5.69 Å². The molecule has 0 saturated heterocycles. The fraction of sp³-hybridized carbons (Fsp3) is 0.160. The van der Waals surface area contributed by atoms with E-state index in [1.165, 1.54) is 7.11 Å². The van der Waals surface area contributed by atoms with Gasteiger partial charge in [-0.2, -0.15) is 0 Å². The molecule has 0 spiro atoms. The van der Waals surface area contributed by atoms with E-state index in [4.69, 9.17) is 16.3 Å². The van der Waals surface area contributed by atoms with Crippen LogP contribution in [-0.2, 0) is 17.8 Å². The van der Waals surface area contributed by atoms with Crippen molar-refractivity contribution in [1.82, 2.24) is 14.9 Å². The number of hydrogen-bond acceptors (Lipinski definition) is 4. The van der Waals surface area contributed by atoms with Gasteiger partial charge < -0.3 is 19.9 Å². The number of imidazole rings is 1. The quantitative estimate of drug-likeness (QED) is 0.408. The molecule has 1 heterocycles. The minimum atomic E-state index is -0.242. The van der Waals surface area contributed by atoms with Crippen molar-refractivity contribution in [3.05, 3.63) is 89.2 Å². The van der Waals surface area contributed by atoms with E-state index in [0.717, 1.165) is 11.0 Å². The molecule has 0 saturated carbocycles. The molecule has 4 aromatic rings. The maximum Gasteiger partial charge on any atom is 0.251 e. The molecule has 168 valence electrons. The van der Waals surface area contributed by atoms with Gasteiger partial charge in [-0.15, -0.1) is 0 Å². The Kier molecular flexibility index (Phi) is 6.90. The Morgan fingerprint density at radius 1 is 1.03 bits per heavy atom. The van der Waals surface area contributed by atoms with Crippen LogP contribution in [0.1, 0.15) is 16.2 Å². The molecule has 0 unspecified atom stereocenters. The molecule has 2 N–H and O–H groups in total. The van der Waals surface area contributed by atoms with Gasteiger partial charge in [0.25, 0.3) is 5.91 Å². The second-order valence-electron chi connectivity index (χ2n) is 7.37. The largest absolute Gasteiger partial charge is 0.495 e. The van der Waals surface area contributed by atoms with Gasteiger partial charge >= 0.3 is 0 Å². The van der Waals surface area contributed by atoms with Crippen LogP contribution in [0, 0.1) is 0 Å². The minimum Gasteiger partial charge on any atom is -0.495 e. The predicted molar refractivity (Wildman–Crippen MR) is 129 cm³/mol. The summed E-state index contributed by atoms with van der Waals surface area (Å²) in [6.07, 6.45) is 0.473. The van der Waals surface area contributed by atoms with Crippen molar-refractivity contribution in [3.8, 4) is 5.75 Å². The van der Waals surface area contributed by atoms with Crippen molar-refractivity contribution in [1.29, 1.82) is 0 Å².